The second-order valence-corrected chi connectivity index (χ2v) is 11.2. The molecule has 0 bridgehead atoms. The Hall–Kier alpha value is -3.61. The van der Waals surface area contributed by atoms with E-state index in [0.717, 1.165) is 53.8 Å². The summed E-state index contributed by atoms with van der Waals surface area (Å²) >= 11 is 0. The van der Waals surface area contributed by atoms with Gasteiger partial charge >= 0.3 is 5.97 Å². The first-order valence-electron chi connectivity index (χ1n) is 15.5. The van der Waals surface area contributed by atoms with E-state index in [2.05, 4.69) is 19.2 Å². The molecule has 1 N–H and O–H groups in total. The van der Waals surface area contributed by atoms with Gasteiger partial charge in [-0.3, -0.25) is 4.79 Å². The molecule has 7 heteroatoms. The Morgan fingerprint density at radius 3 is 2.40 bits per heavy atom. The zero-order chi connectivity index (χ0) is 32.0. The molecule has 0 aliphatic heterocycles. The lowest BCUT2D eigenvalue weighted by Crippen LogP contribution is -2.42. The van der Waals surface area contributed by atoms with Crippen LogP contribution in [0, 0.1) is 11.2 Å². The standard InChI is InChI=1S/C36H51FN2O4/c1-9-12-18-32(42-8)20-19-27(5)36(21-22-36)35(41)39(23-14-16-30-15-13-17-31(37)24-30)25-33(26(4)10-2)38-29(7)28(6)34(40)43-11-3/h12-13,15,17-20,24,38H,9-11,14,16,21-23,25H2,1-8H3/b18-12+,27-19+,29-28+,32-20+,33-26?. The maximum atomic E-state index is 14.3. The van der Waals surface area contributed by atoms with E-state index in [1.807, 2.05) is 56.0 Å². The van der Waals surface area contributed by atoms with Crippen LogP contribution in [0.5, 0.6) is 0 Å². The lowest BCUT2D eigenvalue weighted by Gasteiger charge is -2.30. The summed E-state index contributed by atoms with van der Waals surface area (Å²) in [5, 5.41) is 3.44. The van der Waals surface area contributed by atoms with Gasteiger partial charge in [0.25, 0.3) is 0 Å². The van der Waals surface area contributed by atoms with Gasteiger partial charge in [0.2, 0.25) is 5.91 Å². The molecule has 0 spiro atoms. The summed E-state index contributed by atoms with van der Waals surface area (Å²) in [6.45, 7) is 14.8. The Labute approximate surface area is 258 Å². The van der Waals surface area contributed by atoms with Gasteiger partial charge in [-0.1, -0.05) is 49.3 Å². The van der Waals surface area contributed by atoms with E-state index < -0.39 is 5.41 Å². The minimum Gasteiger partial charge on any atom is -0.497 e. The average molecular weight is 595 g/mol. The molecule has 0 atom stereocenters. The zero-order valence-electron chi connectivity index (χ0n) is 27.4. The van der Waals surface area contributed by atoms with Gasteiger partial charge < -0.3 is 19.7 Å². The molecule has 0 aromatic heterocycles. The molecule has 236 valence electrons. The Morgan fingerprint density at radius 2 is 1.81 bits per heavy atom. The quantitative estimate of drug-likeness (QED) is 0.0858. The van der Waals surface area contributed by atoms with Crippen LogP contribution in [0.4, 0.5) is 4.39 Å². The molecule has 1 amide bonds. The second kappa shape index (κ2) is 17.5. The lowest BCUT2D eigenvalue weighted by atomic mass is 9.94. The smallest absolute Gasteiger partial charge is 0.335 e. The third-order valence-corrected chi connectivity index (χ3v) is 8.11. The number of ether oxygens (including phenoxy) is 2. The van der Waals surface area contributed by atoms with Crippen molar-refractivity contribution >= 4 is 11.9 Å². The van der Waals surface area contributed by atoms with Crippen LogP contribution in [0.15, 0.2) is 82.4 Å². The number of benzene rings is 1. The van der Waals surface area contributed by atoms with E-state index >= 15 is 0 Å². The highest BCUT2D eigenvalue weighted by Crippen LogP contribution is 2.53. The number of hydrogen-bond donors (Lipinski definition) is 1. The van der Waals surface area contributed by atoms with Crippen LogP contribution in [0.3, 0.4) is 0 Å². The predicted molar refractivity (Wildman–Crippen MR) is 172 cm³/mol. The molecule has 0 heterocycles. The largest absolute Gasteiger partial charge is 0.497 e. The number of nitrogens with zero attached hydrogens (tertiary/aromatic N) is 1. The van der Waals surface area contributed by atoms with Crippen molar-refractivity contribution in [3.05, 3.63) is 93.8 Å². The Bertz CT molecular complexity index is 1270. The van der Waals surface area contributed by atoms with Crippen molar-refractivity contribution < 1.29 is 23.5 Å². The van der Waals surface area contributed by atoms with Crippen molar-refractivity contribution in [2.24, 2.45) is 5.41 Å². The monoisotopic (exact) mass is 594 g/mol. The summed E-state index contributed by atoms with van der Waals surface area (Å²) in [6.07, 6.45) is 12.5. The Kier molecular flexibility index (Phi) is 14.5. The third-order valence-electron chi connectivity index (χ3n) is 8.11. The van der Waals surface area contributed by atoms with E-state index in [-0.39, 0.29) is 17.7 Å². The number of aryl methyl sites for hydroxylation is 1. The molecule has 43 heavy (non-hydrogen) atoms. The van der Waals surface area contributed by atoms with E-state index in [0.29, 0.717) is 43.8 Å². The summed E-state index contributed by atoms with van der Waals surface area (Å²) in [7, 11) is 1.64. The second-order valence-electron chi connectivity index (χ2n) is 11.2. The number of esters is 1. The van der Waals surface area contributed by atoms with E-state index in [4.69, 9.17) is 9.47 Å². The van der Waals surface area contributed by atoms with Crippen molar-refractivity contribution in [2.75, 3.05) is 26.8 Å². The molecule has 0 unspecified atom stereocenters. The molecule has 1 aliphatic rings. The number of nitrogens with one attached hydrogen (secondary N) is 1. The number of halogens is 1. The summed E-state index contributed by atoms with van der Waals surface area (Å²) in [5.41, 5.74) is 4.56. The van der Waals surface area contributed by atoms with Gasteiger partial charge in [-0.15, -0.1) is 0 Å². The van der Waals surface area contributed by atoms with Crippen LogP contribution < -0.4 is 5.32 Å². The molecule has 0 radical (unpaired) electrons. The molecule has 1 aliphatic carbocycles. The van der Waals surface area contributed by atoms with Crippen molar-refractivity contribution in [3.8, 4) is 0 Å². The fourth-order valence-electron chi connectivity index (χ4n) is 4.81. The van der Waals surface area contributed by atoms with Crippen LogP contribution in [0.1, 0.15) is 86.1 Å². The number of carbonyl (C=O) groups excluding carboxylic acids is 2. The number of hydrogen-bond acceptors (Lipinski definition) is 5. The van der Waals surface area contributed by atoms with Crippen molar-refractivity contribution in [3.63, 3.8) is 0 Å². The number of allylic oxidation sites excluding steroid dienone is 6. The van der Waals surface area contributed by atoms with E-state index in [1.54, 1.807) is 33.1 Å². The molecule has 1 aromatic carbocycles. The lowest BCUT2D eigenvalue weighted by molar-refractivity contribution is -0.138. The van der Waals surface area contributed by atoms with E-state index in [1.165, 1.54) is 6.07 Å². The van der Waals surface area contributed by atoms with Crippen molar-refractivity contribution in [2.45, 2.75) is 87.0 Å². The summed E-state index contributed by atoms with van der Waals surface area (Å²) in [4.78, 5) is 28.6. The van der Waals surface area contributed by atoms with Gasteiger partial charge in [0.05, 0.1) is 31.2 Å². The number of methoxy groups -OCH3 is 1. The number of amides is 1. The summed E-state index contributed by atoms with van der Waals surface area (Å²) in [6, 6.07) is 6.62. The predicted octanol–water partition coefficient (Wildman–Crippen LogP) is 7.94. The minimum absolute atomic E-state index is 0.0870. The van der Waals surface area contributed by atoms with Crippen LogP contribution in [0.25, 0.3) is 0 Å². The van der Waals surface area contributed by atoms with Gasteiger partial charge in [0.1, 0.15) is 11.6 Å². The molecular formula is C36H51FN2O4. The van der Waals surface area contributed by atoms with Crippen molar-refractivity contribution in [1.29, 1.82) is 0 Å². The van der Waals surface area contributed by atoms with Gasteiger partial charge in [0.15, 0.2) is 0 Å². The first kappa shape index (κ1) is 35.6. The highest BCUT2D eigenvalue weighted by atomic mass is 19.1. The van der Waals surface area contributed by atoms with Gasteiger partial charge in [-0.05, 0) is 103 Å². The first-order chi connectivity index (χ1) is 20.5. The molecular weight excluding hydrogens is 543 g/mol. The number of rotatable bonds is 17. The molecule has 1 saturated carbocycles. The maximum Gasteiger partial charge on any atom is 0.335 e. The van der Waals surface area contributed by atoms with Crippen LogP contribution in [-0.4, -0.2) is 43.6 Å². The number of carbonyl (C=O) groups is 2. The molecule has 6 nitrogen and oxygen atoms in total. The van der Waals surface area contributed by atoms with Crippen LogP contribution in [0.2, 0.25) is 0 Å². The fourth-order valence-corrected chi connectivity index (χ4v) is 4.81. The topological polar surface area (TPSA) is 67.9 Å². The highest BCUT2D eigenvalue weighted by molar-refractivity contribution is 5.89. The Balaban J connectivity index is 2.40. The Morgan fingerprint density at radius 1 is 1.09 bits per heavy atom. The van der Waals surface area contributed by atoms with Gasteiger partial charge in [0, 0.05) is 17.9 Å². The van der Waals surface area contributed by atoms with Crippen LogP contribution in [-0.2, 0) is 25.5 Å². The maximum absolute atomic E-state index is 14.3. The third kappa shape index (κ3) is 10.6. The summed E-state index contributed by atoms with van der Waals surface area (Å²) < 4.78 is 24.5. The molecule has 1 aromatic rings. The van der Waals surface area contributed by atoms with Gasteiger partial charge in [-0.25, -0.2) is 9.18 Å². The summed E-state index contributed by atoms with van der Waals surface area (Å²) in [5.74, 6) is 0.208. The normalized spacial score (nSPS) is 15.9. The van der Waals surface area contributed by atoms with Gasteiger partial charge in [-0.2, -0.15) is 0 Å². The van der Waals surface area contributed by atoms with Crippen molar-refractivity contribution in [1.82, 2.24) is 10.2 Å². The highest BCUT2D eigenvalue weighted by Gasteiger charge is 2.52. The minimum atomic E-state index is -0.556. The van der Waals surface area contributed by atoms with Crippen LogP contribution >= 0.6 is 0 Å². The molecule has 2 rings (SSSR count). The molecule has 1 fully saturated rings. The first-order valence-corrected chi connectivity index (χ1v) is 15.5. The van der Waals surface area contributed by atoms with E-state index in [9.17, 15) is 14.0 Å². The fraction of sp³-hybridized carbons (Fsp3) is 0.500. The zero-order valence-corrected chi connectivity index (χ0v) is 27.4. The average Bonchev–Trinajstić information content (AvgIpc) is 3.81. The SMILES string of the molecule is CC/C=C/C(=C\C=C(/C)C1(C(=O)N(CCCc2cccc(F)c2)CC(N/C(C)=C(\C)C(=O)OCC)=C(C)CC)CC1)OC. The molecule has 0 saturated heterocycles.